The van der Waals surface area contributed by atoms with Crippen LogP contribution in [0.5, 0.6) is 0 Å². The molecule has 0 spiro atoms. The number of benzene rings is 2. The second-order valence-electron chi connectivity index (χ2n) is 8.84. The Morgan fingerprint density at radius 1 is 0.625 bits per heavy atom. The lowest BCUT2D eigenvalue weighted by Gasteiger charge is -2.61. The highest BCUT2D eigenvalue weighted by Gasteiger charge is 2.68. The van der Waals surface area contributed by atoms with Crippen molar-refractivity contribution < 1.29 is 4.43 Å². The first-order chi connectivity index (χ1) is 11.2. The van der Waals surface area contributed by atoms with E-state index < -0.39 is 29.6 Å². The molecule has 0 bridgehead atoms. The largest absolute Gasteiger partial charge is 0.414 e. The highest BCUT2D eigenvalue weighted by Crippen LogP contribution is 2.40. The standard InChI is InChI=1S/C19H30OSi4/c1-21(2)17-20-24(18-13-9-7-10-14-18,19-15-11-8-12-16-19)23(5,6)22(21,3)4/h7-16H,17H2,1-6H3. The Hall–Kier alpha value is -0.732. The van der Waals surface area contributed by atoms with Gasteiger partial charge in [-0.2, -0.15) is 0 Å². The highest BCUT2D eigenvalue weighted by molar-refractivity contribution is 7.86. The molecule has 1 aliphatic rings. The van der Waals surface area contributed by atoms with E-state index in [0.29, 0.717) is 0 Å². The first-order valence-electron chi connectivity index (χ1n) is 8.92. The molecule has 2 aromatic rings. The maximum absolute atomic E-state index is 7.10. The van der Waals surface area contributed by atoms with Crippen molar-refractivity contribution in [2.24, 2.45) is 0 Å². The Bertz CT molecular complexity index is 671. The van der Waals surface area contributed by atoms with Crippen molar-refractivity contribution in [1.82, 2.24) is 0 Å². The van der Waals surface area contributed by atoms with Gasteiger partial charge in [0.15, 0.2) is 0 Å². The summed E-state index contributed by atoms with van der Waals surface area (Å²) in [5.74, 6) is 0. The van der Waals surface area contributed by atoms with Gasteiger partial charge in [0.25, 0.3) is 0 Å². The second-order valence-corrected chi connectivity index (χ2v) is 46.4. The van der Waals surface area contributed by atoms with Gasteiger partial charge in [0, 0.05) is 13.3 Å². The Labute approximate surface area is 150 Å². The van der Waals surface area contributed by atoms with Crippen LogP contribution in [-0.2, 0) is 4.43 Å². The van der Waals surface area contributed by atoms with Gasteiger partial charge in [-0.25, -0.2) is 0 Å². The Kier molecular flexibility index (Phi) is 4.45. The van der Waals surface area contributed by atoms with Crippen molar-refractivity contribution in [3.63, 3.8) is 0 Å². The summed E-state index contributed by atoms with van der Waals surface area (Å²) in [5.41, 5.74) is 0. The zero-order valence-electron chi connectivity index (χ0n) is 15.9. The minimum absolute atomic E-state index is 1.04. The number of hydrogen-bond donors (Lipinski definition) is 0. The van der Waals surface area contributed by atoms with Gasteiger partial charge in [0.05, 0.1) is 14.7 Å². The Balaban J connectivity index is 2.32. The van der Waals surface area contributed by atoms with Crippen LogP contribution in [0.3, 0.4) is 0 Å². The van der Waals surface area contributed by atoms with Gasteiger partial charge >= 0.3 is 0 Å². The summed E-state index contributed by atoms with van der Waals surface area (Å²) < 4.78 is 7.10. The highest BCUT2D eigenvalue weighted by atomic mass is 29.8. The minimum atomic E-state index is -2.15. The lowest BCUT2D eigenvalue weighted by atomic mass is 10.4. The van der Waals surface area contributed by atoms with E-state index >= 15 is 0 Å². The molecule has 1 fully saturated rings. The van der Waals surface area contributed by atoms with Crippen molar-refractivity contribution in [2.45, 2.75) is 39.3 Å². The van der Waals surface area contributed by atoms with Crippen molar-refractivity contribution >= 4 is 40.0 Å². The fraction of sp³-hybridized carbons (Fsp3) is 0.368. The summed E-state index contributed by atoms with van der Waals surface area (Å²) in [6.45, 7) is 15.9. The van der Waals surface area contributed by atoms with E-state index in [1.54, 1.807) is 0 Å². The molecule has 0 radical (unpaired) electrons. The maximum Gasteiger partial charge on any atom is 0.236 e. The minimum Gasteiger partial charge on any atom is -0.414 e. The van der Waals surface area contributed by atoms with Crippen molar-refractivity contribution in [1.29, 1.82) is 0 Å². The van der Waals surface area contributed by atoms with Gasteiger partial charge < -0.3 is 4.43 Å². The lowest BCUT2D eigenvalue weighted by Crippen LogP contribution is -2.92. The number of hydrogen-bond acceptors (Lipinski definition) is 1. The van der Waals surface area contributed by atoms with Gasteiger partial charge in [-0.05, 0) is 10.4 Å². The van der Waals surface area contributed by atoms with Crippen LogP contribution in [-0.4, -0.2) is 35.9 Å². The van der Waals surface area contributed by atoms with E-state index in [0.717, 1.165) is 6.23 Å². The van der Waals surface area contributed by atoms with Gasteiger partial charge in [0.1, 0.15) is 0 Å². The molecule has 24 heavy (non-hydrogen) atoms. The van der Waals surface area contributed by atoms with Crippen molar-refractivity contribution in [3.8, 4) is 0 Å². The first kappa shape index (κ1) is 18.1. The van der Waals surface area contributed by atoms with E-state index in [4.69, 9.17) is 4.43 Å². The average molecular weight is 387 g/mol. The van der Waals surface area contributed by atoms with Gasteiger partial charge in [0.2, 0.25) is 7.83 Å². The van der Waals surface area contributed by atoms with E-state index in [1.807, 2.05) is 0 Å². The van der Waals surface area contributed by atoms with Gasteiger partial charge in [-0.1, -0.05) is 99.9 Å². The fourth-order valence-electron chi connectivity index (χ4n) is 4.34. The second kappa shape index (κ2) is 5.91. The van der Waals surface area contributed by atoms with Crippen LogP contribution in [0.1, 0.15) is 0 Å². The van der Waals surface area contributed by atoms with E-state index in [-0.39, 0.29) is 0 Å². The number of rotatable bonds is 2. The molecule has 3 rings (SSSR count). The molecule has 1 nitrogen and oxygen atoms in total. The monoisotopic (exact) mass is 386 g/mol. The predicted molar refractivity (Wildman–Crippen MR) is 116 cm³/mol. The van der Waals surface area contributed by atoms with Crippen LogP contribution in [0.25, 0.3) is 0 Å². The summed E-state index contributed by atoms with van der Waals surface area (Å²) in [6, 6.07) is 22.5. The van der Waals surface area contributed by atoms with E-state index in [2.05, 4.69) is 99.9 Å². The smallest absolute Gasteiger partial charge is 0.236 e. The van der Waals surface area contributed by atoms with Gasteiger partial charge in [-0.15, -0.1) is 0 Å². The quantitative estimate of drug-likeness (QED) is 0.715. The maximum atomic E-state index is 7.10. The Morgan fingerprint density at radius 3 is 1.46 bits per heavy atom. The van der Waals surface area contributed by atoms with Crippen LogP contribution < -0.4 is 10.4 Å². The summed E-state index contributed by atoms with van der Waals surface area (Å²) in [7, 11) is -6.38. The molecule has 0 unspecified atom stereocenters. The summed E-state index contributed by atoms with van der Waals surface area (Å²) in [6.07, 6.45) is 1.04. The van der Waals surface area contributed by atoms with Crippen molar-refractivity contribution in [3.05, 3.63) is 60.7 Å². The molecule has 0 aliphatic carbocycles. The fourth-order valence-corrected chi connectivity index (χ4v) is 70.8. The molecular formula is C19H30OSi4. The summed E-state index contributed by atoms with van der Waals surface area (Å²) in [4.78, 5) is 0. The third-order valence-corrected chi connectivity index (χ3v) is 69.6. The van der Waals surface area contributed by atoms with Crippen LogP contribution in [0, 0.1) is 0 Å². The molecule has 0 saturated carbocycles. The molecule has 1 aliphatic heterocycles. The average Bonchev–Trinajstić information content (AvgIpc) is 2.56. The van der Waals surface area contributed by atoms with Crippen LogP contribution in [0.2, 0.25) is 39.3 Å². The van der Waals surface area contributed by atoms with Crippen LogP contribution >= 0.6 is 0 Å². The topological polar surface area (TPSA) is 9.23 Å². The molecule has 0 aromatic heterocycles. The molecule has 0 atom stereocenters. The molecule has 128 valence electrons. The van der Waals surface area contributed by atoms with Crippen LogP contribution in [0.4, 0.5) is 0 Å². The van der Waals surface area contributed by atoms with E-state index in [9.17, 15) is 0 Å². The molecule has 0 N–H and O–H groups in total. The summed E-state index contributed by atoms with van der Waals surface area (Å²) in [5, 5.41) is 3.00. The SMILES string of the molecule is C[Si]1(C)CO[Si](c2ccccc2)(c2ccccc2)[Si](C)(C)[Si]1(C)C. The van der Waals surface area contributed by atoms with E-state index in [1.165, 1.54) is 10.4 Å². The molecular weight excluding hydrogens is 357 g/mol. The van der Waals surface area contributed by atoms with Gasteiger partial charge in [-0.3, -0.25) is 0 Å². The third kappa shape index (κ3) is 2.33. The molecule has 1 saturated heterocycles. The van der Waals surface area contributed by atoms with Crippen molar-refractivity contribution in [2.75, 3.05) is 6.23 Å². The zero-order valence-corrected chi connectivity index (χ0v) is 19.9. The zero-order chi connectivity index (χ0) is 17.6. The molecule has 1 heterocycles. The summed E-state index contributed by atoms with van der Waals surface area (Å²) >= 11 is 0. The lowest BCUT2D eigenvalue weighted by molar-refractivity contribution is 0.390. The first-order valence-corrected chi connectivity index (χ1v) is 23.0. The Morgan fingerprint density at radius 2 is 1.04 bits per heavy atom. The molecule has 5 heteroatoms. The normalized spacial score (nSPS) is 23.6. The molecule has 2 aromatic carbocycles. The third-order valence-electron chi connectivity index (χ3n) is 7.14. The molecule has 0 amide bonds. The van der Waals surface area contributed by atoms with Crippen LogP contribution in [0.15, 0.2) is 60.7 Å². The predicted octanol–water partition coefficient (Wildman–Crippen LogP) is 3.68.